The second kappa shape index (κ2) is 10.5. The highest BCUT2D eigenvalue weighted by molar-refractivity contribution is 8.05. The van der Waals surface area contributed by atoms with E-state index in [0.717, 1.165) is 24.1 Å². The fourth-order valence-electron chi connectivity index (χ4n) is 1.89. The molecule has 0 fully saturated rings. The van der Waals surface area contributed by atoms with Gasteiger partial charge in [0.25, 0.3) is 20.0 Å². The molecule has 0 radical (unpaired) electrons. The molecule has 0 aromatic carbocycles. The van der Waals surface area contributed by atoms with Crippen LogP contribution in [0.2, 0.25) is 0 Å². The number of carbonyl (C=O) groups is 1. The molecular weight excluding hydrogens is 505 g/mol. The van der Waals surface area contributed by atoms with Crippen molar-refractivity contribution >= 4 is 26.0 Å². The largest absolute Gasteiger partial charge is 0.456 e. The first-order valence-electron chi connectivity index (χ1n) is 9.28. The minimum atomic E-state index is -5.57. The van der Waals surface area contributed by atoms with Gasteiger partial charge >= 0.3 is 18.0 Å². The Hall–Kier alpha value is -1.36. The van der Waals surface area contributed by atoms with E-state index < -0.39 is 60.2 Å². The van der Waals surface area contributed by atoms with Gasteiger partial charge in [-0.1, -0.05) is 6.58 Å². The molecule has 0 amide bonds. The van der Waals surface area contributed by atoms with Gasteiger partial charge in [0, 0.05) is 12.5 Å². The van der Waals surface area contributed by atoms with Crippen LogP contribution < -0.4 is 4.13 Å². The summed E-state index contributed by atoms with van der Waals surface area (Å²) in [7, 11) is -10.3. The van der Waals surface area contributed by atoms with Gasteiger partial charge in [-0.05, 0) is 41.5 Å². The van der Waals surface area contributed by atoms with Crippen LogP contribution in [-0.4, -0.2) is 63.6 Å². The van der Waals surface area contributed by atoms with Crippen LogP contribution in [0, 0.1) is 0 Å². The zero-order valence-electron chi connectivity index (χ0n) is 18.8. The molecule has 0 saturated carbocycles. The summed E-state index contributed by atoms with van der Waals surface area (Å²) in [5.74, 6) is -6.14. The highest BCUT2D eigenvalue weighted by atomic mass is 32.3. The van der Waals surface area contributed by atoms with Crippen molar-refractivity contribution < 1.29 is 57.8 Å². The number of nitrogens with one attached hydrogen (secondary N) is 1. The van der Waals surface area contributed by atoms with E-state index in [1.807, 2.05) is 0 Å². The molecular formula is C17H28F5NO8S2. The molecule has 0 spiro atoms. The number of hydrogen-bond acceptors (Lipinski definition) is 8. The third kappa shape index (κ3) is 8.42. The van der Waals surface area contributed by atoms with Crippen molar-refractivity contribution in [3.05, 3.63) is 12.7 Å². The Kier molecular flexibility index (Phi) is 10.1. The highest BCUT2D eigenvalue weighted by Crippen LogP contribution is 2.40. The Balaban J connectivity index is 5.38. The van der Waals surface area contributed by atoms with Crippen molar-refractivity contribution in [2.24, 2.45) is 0 Å². The number of sulfonamides is 2. The first kappa shape index (κ1) is 31.6. The van der Waals surface area contributed by atoms with Gasteiger partial charge in [-0.2, -0.15) is 17.6 Å². The number of hydrogen-bond donors (Lipinski definition) is 1. The predicted molar refractivity (Wildman–Crippen MR) is 107 cm³/mol. The molecule has 0 bridgehead atoms. The van der Waals surface area contributed by atoms with Crippen LogP contribution in [0.5, 0.6) is 0 Å². The maximum Gasteiger partial charge on any atom is 0.423 e. The van der Waals surface area contributed by atoms with E-state index in [4.69, 9.17) is 9.47 Å². The van der Waals surface area contributed by atoms with Crippen molar-refractivity contribution in [1.29, 1.82) is 0 Å². The fraction of sp³-hybridized carbons (Fsp3) is 0.824. The van der Waals surface area contributed by atoms with Crippen molar-refractivity contribution in [1.82, 2.24) is 4.13 Å². The van der Waals surface area contributed by atoms with Gasteiger partial charge in [0.05, 0.1) is 6.61 Å². The number of carbonyl (C=O) groups excluding carboxylic acids is 1. The molecule has 0 aliphatic heterocycles. The number of ether oxygens (including phenoxy) is 3. The summed E-state index contributed by atoms with van der Waals surface area (Å²) < 4.78 is 131. The van der Waals surface area contributed by atoms with Gasteiger partial charge in [0.1, 0.15) is 5.60 Å². The van der Waals surface area contributed by atoms with Crippen molar-refractivity contribution in [2.45, 2.75) is 82.1 Å². The van der Waals surface area contributed by atoms with E-state index in [9.17, 15) is 43.6 Å². The summed E-state index contributed by atoms with van der Waals surface area (Å²) in [5, 5.41) is 0. The lowest BCUT2D eigenvalue weighted by Crippen LogP contribution is -2.53. The SMILES string of the molecule is C=CC(=O)OC(C)(C)CCOC(C)(C)S(=O)(=O)NS(=O)(=O)C(C)OC(F)(F)C(F)(F)C(C)F. The Morgan fingerprint density at radius 1 is 1.06 bits per heavy atom. The summed E-state index contributed by atoms with van der Waals surface area (Å²) >= 11 is 0. The maximum atomic E-state index is 13.6. The maximum absolute atomic E-state index is 13.6. The van der Waals surface area contributed by atoms with Crippen molar-refractivity contribution in [3.8, 4) is 0 Å². The topological polar surface area (TPSA) is 125 Å². The van der Waals surface area contributed by atoms with Crippen molar-refractivity contribution in [2.75, 3.05) is 6.61 Å². The lowest BCUT2D eigenvalue weighted by molar-refractivity contribution is -0.363. The Morgan fingerprint density at radius 3 is 1.97 bits per heavy atom. The standard InChI is InChI=1S/C17H28F5NO8S2/c1-8-13(24)31-14(4,5)9-10-29-15(6,7)33(27,28)23-32(25,26)12(3)30-17(21,22)16(19,20)11(2)18/h8,11-12,23H,1,9-10H2,2-7H3. The molecule has 0 aromatic heterocycles. The molecule has 196 valence electrons. The van der Waals surface area contributed by atoms with Crippen LogP contribution in [-0.2, 0) is 39.1 Å². The zero-order valence-corrected chi connectivity index (χ0v) is 20.5. The van der Waals surface area contributed by atoms with Crippen LogP contribution in [0.15, 0.2) is 12.7 Å². The molecule has 16 heteroatoms. The monoisotopic (exact) mass is 533 g/mol. The third-order valence-electron chi connectivity index (χ3n) is 4.21. The van der Waals surface area contributed by atoms with Crippen molar-refractivity contribution in [3.63, 3.8) is 0 Å². The first-order chi connectivity index (χ1) is 14.4. The normalized spacial score (nSPS) is 16.2. The smallest absolute Gasteiger partial charge is 0.423 e. The van der Waals surface area contributed by atoms with Gasteiger partial charge < -0.3 is 9.47 Å². The van der Waals surface area contributed by atoms with E-state index in [1.54, 1.807) is 0 Å². The average Bonchev–Trinajstić information content (AvgIpc) is 2.58. The van der Waals surface area contributed by atoms with E-state index in [-0.39, 0.29) is 20.0 Å². The van der Waals surface area contributed by atoms with Crippen LogP contribution >= 0.6 is 0 Å². The van der Waals surface area contributed by atoms with Gasteiger partial charge in [0.15, 0.2) is 16.5 Å². The Bertz CT molecular complexity index is 918. The van der Waals surface area contributed by atoms with Crippen LogP contribution in [0.1, 0.15) is 48.0 Å². The van der Waals surface area contributed by atoms with E-state index in [2.05, 4.69) is 11.3 Å². The number of rotatable bonds is 14. The fourth-order valence-corrected chi connectivity index (χ4v) is 4.94. The lowest BCUT2D eigenvalue weighted by Gasteiger charge is -2.31. The molecule has 0 aliphatic carbocycles. The molecule has 0 saturated heterocycles. The summed E-state index contributed by atoms with van der Waals surface area (Å²) in [6, 6.07) is 0. The Labute approximate surface area is 189 Å². The molecule has 0 heterocycles. The zero-order chi connectivity index (χ0) is 26.7. The molecule has 9 nitrogen and oxygen atoms in total. The number of alkyl halides is 5. The molecule has 0 aromatic rings. The van der Waals surface area contributed by atoms with Gasteiger partial charge in [-0.25, -0.2) is 26.0 Å². The minimum Gasteiger partial charge on any atom is -0.456 e. The Morgan fingerprint density at radius 2 is 1.55 bits per heavy atom. The van der Waals surface area contributed by atoms with E-state index in [0.29, 0.717) is 6.92 Å². The van der Waals surface area contributed by atoms with E-state index in [1.165, 1.54) is 13.8 Å². The average molecular weight is 534 g/mol. The van der Waals surface area contributed by atoms with E-state index >= 15 is 0 Å². The summed E-state index contributed by atoms with van der Waals surface area (Å²) in [4.78, 5) is 9.00. The molecule has 2 atom stereocenters. The molecule has 33 heavy (non-hydrogen) atoms. The summed E-state index contributed by atoms with van der Waals surface area (Å²) in [6.07, 6.45) is -8.11. The molecule has 1 N–H and O–H groups in total. The second-order valence-corrected chi connectivity index (χ2v) is 12.4. The quantitative estimate of drug-likeness (QED) is 0.205. The lowest BCUT2D eigenvalue weighted by atomic mass is 10.1. The molecule has 2 unspecified atom stereocenters. The minimum absolute atomic E-state index is 0.0412. The second-order valence-electron chi connectivity index (χ2n) is 7.96. The van der Waals surface area contributed by atoms with Gasteiger partial charge in [0.2, 0.25) is 0 Å². The van der Waals surface area contributed by atoms with Crippen LogP contribution in [0.25, 0.3) is 0 Å². The van der Waals surface area contributed by atoms with Gasteiger partial charge in [-0.15, -0.1) is 4.13 Å². The van der Waals surface area contributed by atoms with Crippen LogP contribution in [0.4, 0.5) is 22.0 Å². The molecule has 0 rings (SSSR count). The van der Waals surface area contributed by atoms with Gasteiger partial charge in [-0.3, -0.25) is 4.74 Å². The summed E-state index contributed by atoms with van der Waals surface area (Å²) in [6.45, 7) is 8.13. The molecule has 0 aliphatic rings. The number of esters is 1. The first-order valence-corrected chi connectivity index (χ1v) is 12.3. The summed E-state index contributed by atoms with van der Waals surface area (Å²) in [5.41, 5.74) is -3.95. The number of halogens is 5. The third-order valence-corrected chi connectivity index (χ3v) is 8.40. The highest BCUT2D eigenvalue weighted by Gasteiger charge is 2.63. The predicted octanol–water partition coefficient (Wildman–Crippen LogP) is 2.83. The van der Waals surface area contributed by atoms with Crippen LogP contribution in [0.3, 0.4) is 0 Å².